The van der Waals surface area contributed by atoms with Gasteiger partial charge in [0.1, 0.15) is 0 Å². The quantitative estimate of drug-likeness (QED) is 0.633. The van der Waals surface area contributed by atoms with Crippen LogP contribution in [0.5, 0.6) is 0 Å². The Bertz CT molecular complexity index is 386. The zero-order valence-electron chi connectivity index (χ0n) is 12.1. The van der Waals surface area contributed by atoms with Crippen LogP contribution < -0.4 is 0 Å². The van der Waals surface area contributed by atoms with Gasteiger partial charge in [-0.05, 0) is 43.9 Å². The van der Waals surface area contributed by atoms with Gasteiger partial charge >= 0.3 is 0 Å². The molecule has 1 saturated carbocycles. The van der Waals surface area contributed by atoms with Crippen molar-refractivity contribution < 1.29 is 19.2 Å². The first-order valence-corrected chi connectivity index (χ1v) is 7.71. The standard InChI is InChI=1S/C15H24O4/c1-9-4-5-11-10(2)8-16-13-15(11)12(9)6-7-14(3,17-13)18-19-15/h9-13H,4-8H2,1-3H3/t9-,10+,11+,12+,13?,14+,15?/m1/s1. The van der Waals surface area contributed by atoms with Crippen molar-refractivity contribution >= 4 is 0 Å². The minimum atomic E-state index is -0.627. The molecule has 4 heteroatoms. The monoisotopic (exact) mass is 268 g/mol. The average Bonchev–Trinajstić information content (AvgIpc) is 2.61. The maximum absolute atomic E-state index is 6.16. The Morgan fingerprint density at radius 3 is 2.58 bits per heavy atom. The summed E-state index contributed by atoms with van der Waals surface area (Å²) in [6, 6.07) is 0. The first-order valence-electron chi connectivity index (χ1n) is 7.71. The highest BCUT2D eigenvalue weighted by molar-refractivity contribution is 5.08. The van der Waals surface area contributed by atoms with Crippen molar-refractivity contribution in [1.82, 2.24) is 0 Å². The third-order valence-electron chi connectivity index (χ3n) is 5.97. The summed E-state index contributed by atoms with van der Waals surface area (Å²) in [6.07, 6.45) is 4.24. The van der Waals surface area contributed by atoms with Crippen LogP contribution in [0, 0.1) is 23.7 Å². The largest absolute Gasteiger partial charge is 0.349 e. The van der Waals surface area contributed by atoms with Gasteiger partial charge in [0.05, 0.1) is 6.61 Å². The van der Waals surface area contributed by atoms with E-state index in [1.54, 1.807) is 0 Å². The summed E-state index contributed by atoms with van der Waals surface area (Å²) in [7, 11) is 0. The summed E-state index contributed by atoms with van der Waals surface area (Å²) in [4.78, 5) is 11.7. The van der Waals surface area contributed by atoms with Crippen molar-refractivity contribution in [2.24, 2.45) is 23.7 Å². The number of fused-ring (bicyclic) bond motifs is 2. The molecular formula is C15H24O4. The molecule has 4 aliphatic heterocycles. The minimum absolute atomic E-state index is 0.248. The van der Waals surface area contributed by atoms with Gasteiger partial charge in [0.25, 0.3) is 0 Å². The molecular weight excluding hydrogens is 244 g/mol. The zero-order chi connectivity index (χ0) is 13.3. The van der Waals surface area contributed by atoms with Crippen LogP contribution in [0.25, 0.3) is 0 Å². The number of hydrogen-bond acceptors (Lipinski definition) is 4. The van der Waals surface area contributed by atoms with Crippen LogP contribution in [0.3, 0.4) is 0 Å². The molecule has 0 N–H and O–H groups in total. The van der Waals surface area contributed by atoms with Gasteiger partial charge in [0.2, 0.25) is 5.79 Å². The summed E-state index contributed by atoms with van der Waals surface area (Å²) in [6.45, 7) is 7.36. The van der Waals surface area contributed by atoms with Crippen LogP contribution in [-0.2, 0) is 19.2 Å². The van der Waals surface area contributed by atoms with Crippen molar-refractivity contribution in [2.45, 2.75) is 64.1 Å². The van der Waals surface area contributed by atoms with Gasteiger partial charge in [-0.15, -0.1) is 0 Å². The van der Waals surface area contributed by atoms with Crippen molar-refractivity contribution in [3.05, 3.63) is 0 Å². The number of rotatable bonds is 0. The molecule has 0 radical (unpaired) electrons. The predicted molar refractivity (Wildman–Crippen MR) is 67.9 cm³/mol. The van der Waals surface area contributed by atoms with Crippen molar-refractivity contribution in [3.8, 4) is 0 Å². The molecule has 4 nitrogen and oxygen atoms in total. The predicted octanol–water partition coefficient (Wildman–Crippen LogP) is 2.87. The van der Waals surface area contributed by atoms with Gasteiger partial charge in [-0.25, -0.2) is 9.78 Å². The van der Waals surface area contributed by atoms with E-state index in [2.05, 4.69) is 13.8 Å². The van der Waals surface area contributed by atoms with Gasteiger partial charge in [-0.1, -0.05) is 13.8 Å². The lowest BCUT2D eigenvalue weighted by Crippen LogP contribution is -2.68. The topological polar surface area (TPSA) is 36.9 Å². The van der Waals surface area contributed by atoms with E-state index < -0.39 is 5.79 Å². The van der Waals surface area contributed by atoms with Crippen LogP contribution in [0.4, 0.5) is 0 Å². The van der Waals surface area contributed by atoms with Crippen LogP contribution >= 0.6 is 0 Å². The molecule has 5 rings (SSSR count). The lowest BCUT2D eigenvalue weighted by atomic mass is 9.58. The Morgan fingerprint density at radius 2 is 1.74 bits per heavy atom. The SMILES string of the molecule is C[C@@H]1CC[C@H]2[C@@H](C)COC3O[C@]4(C)CC[C@@H]1C32OO4. The molecule has 2 unspecified atom stereocenters. The third kappa shape index (κ3) is 1.54. The van der Waals surface area contributed by atoms with E-state index in [0.717, 1.165) is 19.4 Å². The van der Waals surface area contributed by atoms with Crippen LogP contribution in [-0.4, -0.2) is 24.3 Å². The van der Waals surface area contributed by atoms with Crippen molar-refractivity contribution in [1.29, 1.82) is 0 Å². The normalized spacial score (nSPS) is 60.5. The summed E-state index contributed by atoms with van der Waals surface area (Å²) >= 11 is 0. The fourth-order valence-electron chi connectivity index (χ4n) is 4.88. The fourth-order valence-corrected chi connectivity index (χ4v) is 4.88. The Kier molecular flexibility index (Phi) is 2.61. The Labute approximate surface area is 114 Å². The Hall–Kier alpha value is -0.160. The van der Waals surface area contributed by atoms with E-state index in [1.807, 2.05) is 6.92 Å². The van der Waals surface area contributed by atoms with Crippen molar-refractivity contribution in [3.63, 3.8) is 0 Å². The van der Waals surface area contributed by atoms with Gasteiger partial charge in [-0.3, -0.25) is 0 Å². The van der Waals surface area contributed by atoms with Crippen LogP contribution in [0.2, 0.25) is 0 Å². The van der Waals surface area contributed by atoms with E-state index in [0.29, 0.717) is 23.7 Å². The second-order valence-electron chi connectivity index (χ2n) is 7.22. The van der Waals surface area contributed by atoms with Crippen molar-refractivity contribution in [2.75, 3.05) is 6.61 Å². The molecule has 0 aromatic rings. The number of hydrogen-bond donors (Lipinski definition) is 0. The highest BCUT2D eigenvalue weighted by atomic mass is 17.3. The second kappa shape index (κ2) is 3.94. The molecule has 4 saturated heterocycles. The first kappa shape index (κ1) is 12.6. The van der Waals surface area contributed by atoms with Gasteiger partial charge in [0.15, 0.2) is 11.9 Å². The molecule has 2 bridgehead atoms. The van der Waals surface area contributed by atoms with E-state index in [-0.39, 0.29) is 11.9 Å². The maximum Gasteiger partial charge on any atom is 0.201 e. The molecule has 19 heavy (non-hydrogen) atoms. The molecule has 108 valence electrons. The lowest BCUT2D eigenvalue weighted by Gasteiger charge is -2.58. The molecule has 5 fully saturated rings. The molecule has 4 heterocycles. The zero-order valence-corrected chi connectivity index (χ0v) is 12.1. The minimum Gasteiger partial charge on any atom is -0.349 e. The second-order valence-corrected chi connectivity index (χ2v) is 7.22. The van der Waals surface area contributed by atoms with Crippen LogP contribution in [0.1, 0.15) is 46.5 Å². The summed E-state index contributed by atoms with van der Waals surface area (Å²) in [5, 5.41) is 0. The molecule has 0 aromatic carbocycles. The third-order valence-corrected chi connectivity index (χ3v) is 5.97. The Balaban J connectivity index is 1.81. The fraction of sp³-hybridized carbons (Fsp3) is 1.00. The maximum atomic E-state index is 6.16. The van der Waals surface area contributed by atoms with E-state index in [1.165, 1.54) is 12.8 Å². The molecule has 0 aromatic heterocycles. The molecule has 5 aliphatic rings. The van der Waals surface area contributed by atoms with E-state index in [9.17, 15) is 0 Å². The molecule has 1 spiro atoms. The Morgan fingerprint density at radius 1 is 0.947 bits per heavy atom. The van der Waals surface area contributed by atoms with E-state index in [4.69, 9.17) is 19.2 Å². The van der Waals surface area contributed by atoms with Gasteiger partial charge in [-0.2, -0.15) is 0 Å². The highest BCUT2D eigenvalue weighted by Crippen LogP contribution is 2.59. The average molecular weight is 268 g/mol. The smallest absolute Gasteiger partial charge is 0.201 e. The van der Waals surface area contributed by atoms with E-state index >= 15 is 0 Å². The first-order chi connectivity index (χ1) is 9.05. The highest BCUT2D eigenvalue weighted by Gasteiger charge is 2.67. The number of ether oxygens (including phenoxy) is 2. The van der Waals surface area contributed by atoms with Gasteiger partial charge in [0, 0.05) is 12.3 Å². The lowest BCUT2D eigenvalue weighted by molar-refractivity contribution is -0.566. The molecule has 7 atom stereocenters. The van der Waals surface area contributed by atoms with Gasteiger partial charge < -0.3 is 9.47 Å². The summed E-state index contributed by atoms with van der Waals surface area (Å²) in [5.74, 6) is 1.53. The molecule has 1 aliphatic carbocycles. The van der Waals surface area contributed by atoms with Crippen LogP contribution in [0.15, 0.2) is 0 Å². The summed E-state index contributed by atoms with van der Waals surface area (Å²) < 4.78 is 12.2. The molecule has 0 amide bonds. The summed E-state index contributed by atoms with van der Waals surface area (Å²) in [5.41, 5.74) is -0.370.